The Morgan fingerprint density at radius 1 is 1.38 bits per heavy atom. The number of rotatable bonds is 4. The second-order valence-electron chi connectivity index (χ2n) is 3.46. The van der Waals surface area contributed by atoms with E-state index < -0.39 is 0 Å². The molecule has 13 heavy (non-hydrogen) atoms. The van der Waals surface area contributed by atoms with Gasteiger partial charge >= 0.3 is 5.97 Å². The zero-order chi connectivity index (χ0) is 10.4. The lowest BCUT2D eigenvalue weighted by Crippen LogP contribution is -2.16. The van der Waals surface area contributed by atoms with Crippen molar-refractivity contribution in [3.63, 3.8) is 0 Å². The summed E-state index contributed by atoms with van der Waals surface area (Å²) in [6.07, 6.45) is 2.59. The van der Waals surface area contributed by atoms with E-state index in [1.54, 1.807) is 0 Å². The largest absolute Gasteiger partial charge is 0.458 e. The van der Waals surface area contributed by atoms with Gasteiger partial charge in [-0.3, -0.25) is 4.79 Å². The molecule has 0 heterocycles. The minimum Gasteiger partial charge on any atom is -0.458 e. The maximum atomic E-state index is 10.7. The van der Waals surface area contributed by atoms with Gasteiger partial charge in [0.15, 0.2) is 0 Å². The highest BCUT2D eigenvalue weighted by Gasteiger charge is 2.10. The molecule has 0 aromatic heterocycles. The lowest BCUT2D eigenvalue weighted by molar-refractivity contribution is -0.144. The molecule has 0 bridgehead atoms. The van der Waals surface area contributed by atoms with E-state index >= 15 is 0 Å². The van der Waals surface area contributed by atoms with Crippen molar-refractivity contribution in [1.29, 1.82) is 0 Å². The van der Waals surface area contributed by atoms with Crippen LogP contribution in [-0.2, 0) is 9.53 Å². The lowest BCUT2D eigenvalue weighted by Gasteiger charge is -2.15. The van der Waals surface area contributed by atoms with Crippen LogP contribution in [-0.4, -0.2) is 12.1 Å². The fraction of sp³-hybridized carbons (Fsp3) is 0.545. The zero-order valence-corrected chi connectivity index (χ0v) is 8.89. The SMILES string of the molecule is C=C(C)[C@H](CC=C(C)C)OC(C)=O. The molecule has 0 aromatic rings. The van der Waals surface area contributed by atoms with Gasteiger partial charge in [-0.05, 0) is 26.3 Å². The summed E-state index contributed by atoms with van der Waals surface area (Å²) < 4.78 is 5.08. The van der Waals surface area contributed by atoms with Crippen LogP contribution >= 0.6 is 0 Å². The van der Waals surface area contributed by atoms with Gasteiger partial charge in [0.1, 0.15) is 6.10 Å². The molecule has 2 heteroatoms. The van der Waals surface area contributed by atoms with Gasteiger partial charge in [0.25, 0.3) is 0 Å². The summed E-state index contributed by atoms with van der Waals surface area (Å²) in [6, 6.07) is 0. The molecular weight excluding hydrogens is 164 g/mol. The fourth-order valence-electron chi connectivity index (χ4n) is 0.893. The molecule has 0 fully saturated rings. The van der Waals surface area contributed by atoms with Crippen molar-refractivity contribution < 1.29 is 9.53 Å². The molecule has 0 N–H and O–H groups in total. The van der Waals surface area contributed by atoms with Gasteiger partial charge in [-0.2, -0.15) is 0 Å². The average molecular weight is 182 g/mol. The maximum absolute atomic E-state index is 10.7. The highest BCUT2D eigenvalue weighted by atomic mass is 16.5. The van der Waals surface area contributed by atoms with E-state index in [4.69, 9.17) is 4.74 Å². The second-order valence-corrected chi connectivity index (χ2v) is 3.46. The molecule has 0 radical (unpaired) electrons. The molecule has 1 atom stereocenters. The Morgan fingerprint density at radius 3 is 2.23 bits per heavy atom. The van der Waals surface area contributed by atoms with E-state index in [2.05, 4.69) is 6.58 Å². The maximum Gasteiger partial charge on any atom is 0.303 e. The standard InChI is InChI=1S/C11H18O2/c1-8(2)6-7-11(9(3)4)13-10(5)12/h6,11H,3,7H2,1-2,4-5H3/t11-/m0/s1. The summed E-state index contributed by atoms with van der Waals surface area (Å²) in [4.78, 5) is 10.7. The van der Waals surface area contributed by atoms with Crippen LogP contribution in [0.5, 0.6) is 0 Å². The van der Waals surface area contributed by atoms with Crippen LogP contribution in [0.15, 0.2) is 23.8 Å². The summed E-state index contributed by atoms with van der Waals surface area (Å²) in [5.74, 6) is -0.254. The highest BCUT2D eigenvalue weighted by molar-refractivity contribution is 5.66. The highest BCUT2D eigenvalue weighted by Crippen LogP contribution is 2.10. The Bertz CT molecular complexity index is 222. The van der Waals surface area contributed by atoms with Crippen molar-refractivity contribution in [1.82, 2.24) is 0 Å². The van der Waals surface area contributed by atoms with Gasteiger partial charge in [-0.1, -0.05) is 18.2 Å². The normalized spacial score (nSPS) is 11.7. The van der Waals surface area contributed by atoms with Crippen molar-refractivity contribution in [3.05, 3.63) is 23.8 Å². The summed E-state index contributed by atoms with van der Waals surface area (Å²) in [7, 11) is 0. The third kappa shape index (κ3) is 6.14. The number of hydrogen-bond donors (Lipinski definition) is 0. The van der Waals surface area contributed by atoms with Crippen LogP contribution in [0.3, 0.4) is 0 Å². The first kappa shape index (κ1) is 11.9. The topological polar surface area (TPSA) is 26.3 Å². The predicted molar refractivity (Wildman–Crippen MR) is 54.4 cm³/mol. The van der Waals surface area contributed by atoms with E-state index in [-0.39, 0.29) is 12.1 Å². The molecule has 0 aliphatic heterocycles. The third-order valence-electron chi connectivity index (χ3n) is 1.60. The second kappa shape index (κ2) is 5.57. The summed E-state index contributed by atoms with van der Waals surface area (Å²) in [5.41, 5.74) is 2.10. The molecule has 0 saturated heterocycles. The molecule has 0 aliphatic rings. The smallest absolute Gasteiger partial charge is 0.303 e. The average Bonchev–Trinajstić information content (AvgIpc) is 1.96. The molecule has 0 rings (SSSR count). The number of carbonyl (C=O) groups excluding carboxylic acids is 1. The summed E-state index contributed by atoms with van der Waals surface area (Å²) in [6.45, 7) is 11.1. The molecule has 0 unspecified atom stereocenters. The number of esters is 1. The third-order valence-corrected chi connectivity index (χ3v) is 1.60. The van der Waals surface area contributed by atoms with Gasteiger partial charge in [0.05, 0.1) is 0 Å². The number of carbonyl (C=O) groups is 1. The molecule has 0 spiro atoms. The Morgan fingerprint density at radius 2 is 1.92 bits per heavy atom. The molecule has 2 nitrogen and oxygen atoms in total. The van der Waals surface area contributed by atoms with Gasteiger partial charge in [0.2, 0.25) is 0 Å². The Hall–Kier alpha value is -1.05. The van der Waals surface area contributed by atoms with E-state index in [1.807, 2.05) is 26.8 Å². The number of hydrogen-bond acceptors (Lipinski definition) is 2. The van der Waals surface area contributed by atoms with Crippen molar-refractivity contribution in [2.24, 2.45) is 0 Å². The van der Waals surface area contributed by atoms with Gasteiger partial charge in [0, 0.05) is 13.3 Å². The van der Waals surface area contributed by atoms with Crippen LogP contribution < -0.4 is 0 Å². The predicted octanol–water partition coefficient (Wildman–Crippen LogP) is 2.85. The summed E-state index contributed by atoms with van der Waals surface area (Å²) >= 11 is 0. The van der Waals surface area contributed by atoms with Crippen LogP contribution in [0.2, 0.25) is 0 Å². The quantitative estimate of drug-likeness (QED) is 0.493. The molecule has 0 saturated carbocycles. The Balaban J connectivity index is 4.19. The molecule has 74 valence electrons. The van der Waals surface area contributed by atoms with E-state index in [9.17, 15) is 4.79 Å². The van der Waals surface area contributed by atoms with Crippen molar-refractivity contribution >= 4 is 5.97 Å². The molecule has 0 aromatic carbocycles. The first-order chi connectivity index (χ1) is 5.93. The van der Waals surface area contributed by atoms with Crippen LogP contribution in [0.1, 0.15) is 34.1 Å². The first-order valence-corrected chi connectivity index (χ1v) is 4.39. The van der Waals surface area contributed by atoms with E-state index in [1.165, 1.54) is 12.5 Å². The number of allylic oxidation sites excluding steroid dienone is 1. The summed E-state index contributed by atoms with van der Waals surface area (Å²) in [5, 5.41) is 0. The minimum atomic E-state index is -0.254. The monoisotopic (exact) mass is 182 g/mol. The number of ether oxygens (including phenoxy) is 1. The van der Waals surface area contributed by atoms with Crippen molar-refractivity contribution in [2.75, 3.05) is 0 Å². The van der Waals surface area contributed by atoms with E-state index in [0.717, 1.165) is 12.0 Å². The molecule has 0 amide bonds. The van der Waals surface area contributed by atoms with Gasteiger partial charge in [-0.25, -0.2) is 0 Å². The van der Waals surface area contributed by atoms with Crippen LogP contribution in [0.25, 0.3) is 0 Å². The van der Waals surface area contributed by atoms with Crippen molar-refractivity contribution in [3.8, 4) is 0 Å². The Labute approximate surface area is 80.3 Å². The van der Waals surface area contributed by atoms with Crippen LogP contribution in [0, 0.1) is 0 Å². The van der Waals surface area contributed by atoms with Gasteiger partial charge in [-0.15, -0.1) is 0 Å². The van der Waals surface area contributed by atoms with Crippen LogP contribution in [0.4, 0.5) is 0 Å². The lowest BCUT2D eigenvalue weighted by atomic mass is 10.1. The molecule has 0 aliphatic carbocycles. The fourth-order valence-corrected chi connectivity index (χ4v) is 0.893. The van der Waals surface area contributed by atoms with Crippen molar-refractivity contribution in [2.45, 2.75) is 40.2 Å². The van der Waals surface area contributed by atoms with Gasteiger partial charge < -0.3 is 4.74 Å². The Kier molecular flexibility index (Phi) is 5.12. The van der Waals surface area contributed by atoms with E-state index in [0.29, 0.717) is 0 Å². The minimum absolute atomic E-state index is 0.174. The first-order valence-electron chi connectivity index (χ1n) is 4.39. The zero-order valence-electron chi connectivity index (χ0n) is 8.89. The molecular formula is C11H18O2.